The summed E-state index contributed by atoms with van der Waals surface area (Å²) in [5, 5.41) is 0. The molecule has 0 radical (unpaired) electrons. The molecule has 108 valence electrons. The minimum Gasteiger partial charge on any atom is -0.497 e. The van der Waals surface area contributed by atoms with E-state index in [9.17, 15) is 4.79 Å². The Kier molecular flexibility index (Phi) is 4.00. The monoisotopic (exact) mass is 310 g/mol. The molecule has 0 aromatic carbocycles. The van der Waals surface area contributed by atoms with Gasteiger partial charge in [0.15, 0.2) is 5.70 Å². The standard InChI is InChI=1S/C15H19NO2S2/c1-10-14(19)12(7-8-17)16(3,20)13-6-5-11(18-4)9-15(10,13)2/h5-7,9-10,13,20H,1-4H3/p+1. The zero-order valence-corrected chi connectivity index (χ0v) is 13.9. The lowest BCUT2D eigenvalue weighted by molar-refractivity contribution is -0.761. The first-order valence-electron chi connectivity index (χ1n) is 6.47. The predicted octanol–water partition coefficient (Wildman–Crippen LogP) is 2.93. The Morgan fingerprint density at radius 2 is 2.20 bits per heavy atom. The van der Waals surface area contributed by atoms with Gasteiger partial charge >= 0.3 is 0 Å². The van der Waals surface area contributed by atoms with Crippen LogP contribution in [0.25, 0.3) is 0 Å². The van der Waals surface area contributed by atoms with E-state index < -0.39 is 0 Å². The molecule has 0 saturated heterocycles. The molecule has 0 N–H and O–H groups in total. The molecule has 4 unspecified atom stereocenters. The number of allylic oxidation sites excluding steroid dienone is 3. The molecule has 0 aromatic heterocycles. The quantitative estimate of drug-likeness (QED) is 0.466. The number of quaternary nitrogens is 1. The molecular formula is C15H20NO2S2+. The Labute approximate surface area is 131 Å². The molecular weight excluding hydrogens is 290 g/mol. The summed E-state index contributed by atoms with van der Waals surface area (Å²) >= 11 is 9.42. The van der Waals surface area contributed by atoms with Crippen LogP contribution < -0.4 is 0 Å². The van der Waals surface area contributed by atoms with Gasteiger partial charge in [0, 0.05) is 10.8 Å². The molecule has 20 heavy (non-hydrogen) atoms. The number of carbonyl (C=O) groups excluding carboxylic acids is 1. The number of hydrogen-bond donors (Lipinski definition) is 2. The lowest BCUT2D eigenvalue weighted by atomic mass is 9.66. The van der Waals surface area contributed by atoms with Crippen LogP contribution in [0.2, 0.25) is 0 Å². The summed E-state index contributed by atoms with van der Waals surface area (Å²) in [6.45, 7) is 4.29. The number of nitrogens with zero attached hydrogens (tertiary/aromatic N) is 1. The second kappa shape index (κ2) is 5.15. The van der Waals surface area contributed by atoms with Crippen LogP contribution in [0.1, 0.15) is 13.8 Å². The fourth-order valence-electron chi connectivity index (χ4n) is 3.21. The summed E-state index contributed by atoms with van der Waals surface area (Å²) < 4.78 is 5.64. The largest absolute Gasteiger partial charge is 0.497 e. The molecule has 1 aliphatic carbocycles. The topological polar surface area (TPSA) is 26.3 Å². The first-order chi connectivity index (χ1) is 9.29. The molecule has 5 heteroatoms. The molecule has 2 rings (SSSR count). The summed E-state index contributed by atoms with van der Waals surface area (Å²) in [4.78, 5) is 11.7. The highest BCUT2D eigenvalue weighted by atomic mass is 32.1. The number of likely N-dealkylation sites (N-methyl/N-ethyl adjacent to an activating group) is 1. The first kappa shape index (κ1) is 15.5. The molecule has 1 heterocycles. The van der Waals surface area contributed by atoms with Crippen molar-refractivity contribution in [3.8, 4) is 0 Å². The number of fused-ring (bicyclic) bond motifs is 1. The van der Waals surface area contributed by atoms with Crippen molar-refractivity contribution >= 4 is 31.4 Å². The molecule has 0 fully saturated rings. The van der Waals surface area contributed by atoms with Gasteiger partial charge in [0.2, 0.25) is 0 Å². The van der Waals surface area contributed by atoms with Crippen molar-refractivity contribution in [2.24, 2.45) is 11.3 Å². The SMILES string of the molecule is COC1=CC2(C)C(C)C(S)=C(C=C=O)[N+](C)(S)C2C=C1. The van der Waals surface area contributed by atoms with Crippen LogP contribution in [-0.2, 0) is 9.53 Å². The van der Waals surface area contributed by atoms with Crippen molar-refractivity contribution in [3.63, 3.8) is 0 Å². The van der Waals surface area contributed by atoms with E-state index in [1.807, 2.05) is 19.1 Å². The van der Waals surface area contributed by atoms with Gasteiger partial charge in [-0.2, -0.15) is 0 Å². The number of thiol groups is 2. The molecule has 0 spiro atoms. The Morgan fingerprint density at radius 1 is 1.55 bits per heavy atom. The molecule has 0 amide bonds. The second-order valence-electron chi connectivity index (χ2n) is 5.70. The third-order valence-corrected chi connectivity index (χ3v) is 5.68. The van der Waals surface area contributed by atoms with Crippen molar-refractivity contribution in [1.29, 1.82) is 0 Å². The molecule has 0 bridgehead atoms. The van der Waals surface area contributed by atoms with Crippen LogP contribution in [-0.4, -0.2) is 30.0 Å². The van der Waals surface area contributed by atoms with Gasteiger partial charge in [-0.1, -0.05) is 6.92 Å². The summed E-state index contributed by atoms with van der Waals surface area (Å²) in [7, 11) is 3.63. The van der Waals surface area contributed by atoms with Crippen molar-refractivity contribution in [2.75, 3.05) is 14.2 Å². The summed E-state index contributed by atoms with van der Waals surface area (Å²) in [6, 6.07) is 0.0928. The third kappa shape index (κ3) is 2.09. The van der Waals surface area contributed by atoms with E-state index in [-0.39, 0.29) is 21.3 Å². The number of hydrogen-bond acceptors (Lipinski definition) is 4. The van der Waals surface area contributed by atoms with Crippen LogP contribution in [0.3, 0.4) is 0 Å². The van der Waals surface area contributed by atoms with Gasteiger partial charge in [-0.05, 0) is 25.2 Å². The van der Waals surface area contributed by atoms with Crippen molar-refractivity contribution in [1.82, 2.24) is 0 Å². The van der Waals surface area contributed by atoms with Gasteiger partial charge in [0.1, 0.15) is 17.7 Å². The van der Waals surface area contributed by atoms with Crippen LogP contribution >= 0.6 is 25.4 Å². The van der Waals surface area contributed by atoms with Gasteiger partial charge in [0.05, 0.1) is 38.5 Å². The molecule has 0 aromatic rings. The summed E-state index contributed by atoms with van der Waals surface area (Å²) in [5.74, 6) is 2.86. The maximum atomic E-state index is 10.8. The van der Waals surface area contributed by atoms with Crippen molar-refractivity contribution < 1.29 is 13.4 Å². The van der Waals surface area contributed by atoms with E-state index in [0.717, 1.165) is 16.4 Å². The molecule has 4 atom stereocenters. The maximum absolute atomic E-state index is 10.8. The normalized spacial score (nSPS) is 39.8. The predicted molar refractivity (Wildman–Crippen MR) is 86.7 cm³/mol. The van der Waals surface area contributed by atoms with Gasteiger partial charge in [-0.25, -0.2) is 8.68 Å². The molecule has 1 aliphatic heterocycles. The van der Waals surface area contributed by atoms with Gasteiger partial charge in [-0.3, -0.25) is 0 Å². The summed E-state index contributed by atoms with van der Waals surface area (Å²) in [5.41, 5.74) is 0.619. The fourth-order valence-corrected chi connectivity index (χ4v) is 4.33. The second-order valence-corrected chi connectivity index (χ2v) is 7.01. The van der Waals surface area contributed by atoms with Crippen LogP contribution in [0.5, 0.6) is 0 Å². The van der Waals surface area contributed by atoms with E-state index >= 15 is 0 Å². The molecule has 3 nitrogen and oxygen atoms in total. The smallest absolute Gasteiger partial charge is 0.165 e. The average Bonchev–Trinajstić information content (AvgIpc) is 2.41. The average molecular weight is 310 g/mol. The van der Waals surface area contributed by atoms with E-state index in [2.05, 4.69) is 38.6 Å². The number of ether oxygens (including phenoxy) is 1. The highest BCUT2D eigenvalue weighted by Gasteiger charge is 2.55. The lowest BCUT2D eigenvalue weighted by Gasteiger charge is -2.51. The lowest BCUT2D eigenvalue weighted by Crippen LogP contribution is -2.57. The van der Waals surface area contributed by atoms with Crippen LogP contribution in [0.15, 0.2) is 40.7 Å². The Hall–Kier alpha value is -0.870. The first-order valence-corrected chi connectivity index (χ1v) is 7.32. The van der Waals surface area contributed by atoms with Crippen molar-refractivity contribution in [3.05, 3.63) is 40.7 Å². The highest BCUT2D eigenvalue weighted by molar-refractivity contribution is 7.84. The number of methoxy groups -OCH3 is 1. The Bertz CT molecular complexity index is 570. The third-order valence-electron chi connectivity index (χ3n) is 4.60. The van der Waals surface area contributed by atoms with Crippen LogP contribution in [0, 0.1) is 11.3 Å². The zero-order chi connectivity index (χ0) is 15.1. The number of rotatable bonds is 2. The Balaban J connectivity index is 2.67. The van der Waals surface area contributed by atoms with E-state index in [0.29, 0.717) is 0 Å². The molecule has 0 saturated carbocycles. The fraction of sp³-hybridized carbons (Fsp3) is 0.467. The highest BCUT2D eigenvalue weighted by Crippen LogP contribution is 2.53. The minimum absolute atomic E-state index is 0.0928. The van der Waals surface area contributed by atoms with E-state index in [4.69, 9.17) is 17.6 Å². The Morgan fingerprint density at radius 3 is 2.75 bits per heavy atom. The summed E-state index contributed by atoms with van der Waals surface area (Å²) in [6.07, 6.45) is 7.63. The van der Waals surface area contributed by atoms with E-state index in [1.165, 1.54) is 6.08 Å². The van der Waals surface area contributed by atoms with Crippen LogP contribution in [0.4, 0.5) is 0 Å². The zero-order valence-electron chi connectivity index (χ0n) is 12.1. The van der Waals surface area contributed by atoms with E-state index in [1.54, 1.807) is 7.11 Å². The van der Waals surface area contributed by atoms with Gasteiger partial charge < -0.3 is 4.74 Å². The van der Waals surface area contributed by atoms with Crippen molar-refractivity contribution in [2.45, 2.75) is 19.9 Å². The molecule has 2 aliphatic rings. The van der Waals surface area contributed by atoms with Gasteiger partial charge in [-0.15, -0.1) is 12.6 Å². The minimum atomic E-state index is -0.173. The van der Waals surface area contributed by atoms with Gasteiger partial charge in [0.25, 0.3) is 0 Å². The maximum Gasteiger partial charge on any atom is 0.165 e.